The average molecular weight is 261 g/mol. The lowest BCUT2D eigenvalue weighted by molar-refractivity contribution is 0.220. The number of aromatic nitrogens is 2. The van der Waals surface area contributed by atoms with E-state index < -0.39 is 0 Å². The lowest BCUT2D eigenvalue weighted by Crippen LogP contribution is -2.22. The van der Waals surface area contributed by atoms with Crippen molar-refractivity contribution < 1.29 is 0 Å². The van der Waals surface area contributed by atoms with Crippen LogP contribution in [0.15, 0.2) is 0 Å². The fraction of sp³-hybridized carbons (Fsp3) is 0.750. The van der Waals surface area contributed by atoms with Gasteiger partial charge in [-0.2, -0.15) is 0 Å². The zero-order valence-electron chi connectivity index (χ0n) is 13.0. The maximum absolute atomic E-state index is 4.77. The first-order chi connectivity index (χ1) is 8.93. The Morgan fingerprint density at radius 3 is 2.11 bits per heavy atom. The highest BCUT2D eigenvalue weighted by Gasteiger charge is 2.29. The highest BCUT2D eigenvalue weighted by Crippen LogP contribution is 2.41. The molecule has 1 aliphatic rings. The minimum absolute atomic E-state index is 0.507. The summed E-state index contributed by atoms with van der Waals surface area (Å²) in [7, 11) is 1.97. The number of hydrogen-bond donors (Lipinski definition) is 1. The first kappa shape index (κ1) is 14.4. The van der Waals surface area contributed by atoms with Gasteiger partial charge in [-0.05, 0) is 52.0 Å². The highest BCUT2D eigenvalue weighted by atomic mass is 14.9. The Morgan fingerprint density at radius 2 is 1.63 bits per heavy atom. The number of rotatable bonds is 3. The Bertz CT molecular complexity index is 418. The zero-order chi connectivity index (χ0) is 14.0. The fourth-order valence-electron chi connectivity index (χ4n) is 3.04. The Labute approximate surface area is 117 Å². The molecule has 0 aliphatic heterocycles. The van der Waals surface area contributed by atoms with Crippen molar-refractivity contribution in [2.45, 2.75) is 65.8 Å². The molecule has 1 aromatic heterocycles. The largest absolute Gasteiger partial charge is 0.316 e. The van der Waals surface area contributed by atoms with Gasteiger partial charge in [-0.3, -0.25) is 0 Å². The maximum atomic E-state index is 4.77. The van der Waals surface area contributed by atoms with Crippen LogP contribution in [0.1, 0.15) is 68.2 Å². The van der Waals surface area contributed by atoms with Gasteiger partial charge in [0.15, 0.2) is 0 Å². The third-order valence-corrected chi connectivity index (χ3v) is 4.50. The summed E-state index contributed by atoms with van der Waals surface area (Å²) in [6.07, 6.45) is 5.04. The van der Waals surface area contributed by atoms with Crippen molar-refractivity contribution in [3.8, 4) is 0 Å². The van der Waals surface area contributed by atoms with E-state index in [9.17, 15) is 0 Å². The Morgan fingerprint density at radius 1 is 1.11 bits per heavy atom. The Hall–Kier alpha value is -0.960. The molecule has 0 amide bonds. The van der Waals surface area contributed by atoms with Gasteiger partial charge >= 0.3 is 0 Å². The summed E-state index contributed by atoms with van der Waals surface area (Å²) in [6, 6.07) is 0. The van der Waals surface area contributed by atoms with Crippen LogP contribution in [0, 0.1) is 19.3 Å². The molecule has 3 heteroatoms. The monoisotopic (exact) mass is 261 g/mol. The van der Waals surface area contributed by atoms with E-state index in [1.807, 2.05) is 7.05 Å². The molecule has 0 spiro atoms. The second kappa shape index (κ2) is 5.58. The highest BCUT2D eigenvalue weighted by molar-refractivity contribution is 5.25. The average Bonchev–Trinajstić information content (AvgIpc) is 2.33. The summed E-state index contributed by atoms with van der Waals surface area (Å²) < 4.78 is 0. The van der Waals surface area contributed by atoms with Gasteiger partial charge in [-0.25, -0.2) is 9.97 Å². The number of nitrogens with one attached hydrogen (secondary N) is 1. The van der Waals surface area contributed by atoms with Crippen LogP contribution in [0.2, 0.25) is 0 Å². The van der Waals surface area contributed by atoms with E-state index in [1.165, 1.54) is 31.2 Å². The van der Waals surface area contributed by atoms with Crippen molar-refractivity contribution in [2.24, 2.45) is 5.41 Å². The minimum Gasteiger partial charge on any atom is -0.316 e. The molecule has 1 heterocycles. The molecular weight excluding hydrogens is 234 g/mol. The van der Waals surface area contributed by atoms with Gasteiger partial charge in [0.25, 0.3) is 0 Å². The van der Waals surface area contributed by atoms with E-state index >= 15 is 0 Å². The third-order valence-electron chi connectivity index (χ3n) is 4.50. The second-order valence-corrected chi connectivity index (χ2v) is 6.70. The van der Waals surface area contributed by atoms with E-state index in [-0.39, 0.29) is 0 Å². The van der Waals surface area contributed by atoms with Crippen LogP contribution in [-0.2, 0) is 6.54 Å². The van der Waals surface area contributed by atoms with Crippen LogP contribution in [0.5, 0.6) is 0 Å². The molecule has 0 unspecified atom stereocenters. The molecule has 1 N–H and O–H groups in total. The van der Waals surface area contributed by atoms with Gasteiger partial charge in [0.1, 0.15) is 5.82 Å². The van der Waals surface area contributed by atoms with E-state index in [4.69, 9.17) is 9.97 Å². The zero-order valence-corrected chi connectivity index (χ0v) is 13.0. The minimum atomic E-state index is 0.507. The molecule has 2 rings (SSSR count). The normalized spacial score (nSPS) is 19.6. The molecule has 0 atom stereocenters. The van der Waals surface area contributed by atoms with Crippen molar-refractivity contribution >= 4 is 0 Å². The summed E-state index contributed by atoms with van der Waals surface area (Å²) in [4.78, 5) is 9.55. The second-order valence-electron chi connectivity index (χ2n) is 6.70. The first-order valence-electron chi connectivity index (χ1n) is 7.41. The van der Waals surface area contributed by atoms with Crippen LogP contribution in [0.4, 0.5) is 0 Å². The smallest absolute Gasteiger partial charge is 0.131 e. The maximum Gasteiger partial charge on any atom is 0.131 e. The summed E-state index contributed by atoms with van der Waals surface area (Å²) in [6.45, 7) is 9.82. The molecule has 0 radical (unpaired) electrons. The standard InChI is InChI=1S/C16H27N3/c1-11-14(10-17-5)12(2)19-15(18-11)13-6-8-16(3,4)9-7-13/h13,17H,6-10H2,1-5H3. The fourth-order valence-corrected chi connectivity index (χ4v) is 3.04. The molecule has 1 aromatic rings. The molecule has 0 aromatic carbocycles. The molecule has 0 saturated heterocycles. The van der Waals surface area contributed by atoms with Crippen LogP contribution >= 0.6 is 0 Å². The van der Waals surface area contributed by atoms with Gasteiger partial charge in [-0.15, -0.1) is 0 Å². The molecule has 1 fully saturated rings. The topological polar surface area (TPSA) is 37.8 Å². The lowest BCUT2D eigenvalue weighted by Gasteiger charge is -2.33. The van der Waals surface area contributed by atoms with E-state index in [0.717, 1.165) is 23.8 Å². The van der Waals surface area contributed by atoms with E-state index in [2.05, 4.69) is 33.0 Å². The molecule has 19 heavy (non-hydrogen) atoms. The number of nitrogens with zero attached hydrogens (tertiary/aromatic N) is 2. The van der Waals surface area contributed by atoms with Gasteiger partial charge < -0.3 is 5.32 Å². The number of aryl methyl sites for hydroxylation is 2. The summed E-state index contributed by atoms with van der Waals surface area (Å²) >= 11 is 0. The van der Waals surface area contributed by atoms with Crippen LogP contribution in [-0.4, -0.2) is 17.0 Å². The first-order valence-corrected chi connectivity index (χ1v) is 7.41. The van der Waals surface area contributed by atoms with Gasteiger partial charge in [0.05, 0.1) is 0 Å². The molecule has 3 nitrogen and oxygen atoms in total. The van der Waals surface area contributed by atoms with Gasteiger partial charge in [0, 0.05) is 29.4 Å². The Balaban J connectivity index is 2.18. The third kappa shape index (κ3) is 3.33. The lowest BCUT2D eigenvalue weighted by atomic mass is 9.73. The van der Waals surface area contributed by atoms with Crippen molar-refractivity contribution in [3.05, 3.63) is 22.8 Å². The van der Waals surface area contributed by atoms with Crippen molar-refractivity contribution in [3.63, 3.8) is 0 Å². The van der Waals surface area contributed by atoms with Crippen LogP contribution in [0.25, 0.3) is 0 Å². The van der Waals surface area contributed by atoms with Gasteiger partial charge in [0.2, 0.25) is 0 Å². The number of hydrogen-bond acceptors (Lipinski definition) is 3. The van der Waals surface area contributed by atoms with Crippen molar-refractivity contribution in [2.75, 3.05) is 7.05 Å². The van der Waals surface area contributed by atoms with Crippen LogP contribution in [0.3, 0.4) is 0 Å². The predicted molar refractivity (Wildman–Crippen MR) is 79.3 cm³/mol. The van der Waals surface area contributed by atoms with E-state index in [1.54, 1.807) is 0 Å². The Kier molecular flexibility index (Phi) is 4.24. The van der Waals surface area contributed by atoms with E-state index in [0.29, 0.717) is 11.3 Å². The molecule has 1 saturated carbocycles. The molecule has 1 aliphatic carbocycles. The predicted octanol–water partition coefficient (Wildman–Crippen LogP) is 3.50. The summed E-state index contributed by atoms with van der Waals surface area (Å²) in [5.74, 6) is 1.64. The SMILES string of the molecule is CNCc1c(C)nc(C2CCC(C)(C)CC2)nc1C. The summed E-state index contributed by atoms with van der Waals surface area (Å²) in [5, 5.41) is 3.20. The van der Waals surface area contributed by atoms with Crippen molar-refractivity contribution in [1.29, 1.82) is 0 Å². The summed E-state index contributed by atoms with van der Waals surface area (Å²) in [5.41, 5.74) is 4.04. The van der Waals surface area contributed by atoms with Crippen LogP contribution < -0.4 is 5.32 Å². The van der Waals surface area contributed by atoms with Gasteiger partial charge in [-0.1, -0.05) is 13.8 Å². The molecule has 0 bridgehead atoms. The molecule has 106 valence electrons. The van der Waals surface area contributed by atoms with Crippen molar-refractivity contribution in [1.82, 2.24) is 15.3 Å². The molecular formula is C16H27N3. The quantitative estimate of drug-likeness (QED) is 0.905.